The average Bonchev–Trinajstić information content (AvgIpc) is 2.77. The highest BCUT2D eigenvalue weighted by Gasteiger charge is 2.16. The summed E-state index contributed by atoms with van der Waals surface area (Å²) in [4.78, 5) is 10.2. The predicted octanol–water partition coefficient (Wildman–Crippen LogP) is 1.18. The van der Waals surface area contributed by atoms with Crippen molar-refractivity contribution in [2.45, 2.75) is 11.8 Å². The van der Waals surface area contributed by atoms with Gasteiger partial charge in [0.1, 0.15) is 0 Å². The van der Waals surface area contributed by atoms with Gasteiger partial charge in [-0.25, -0.2) is 8.42 Å². The van der Waals surface area contributed by atoms with Crippen LogP contribution in [0.5, 0.6) is 5.19 Å². The molecule has 1 aromatic heterocycles. The molecule has 0 unspecified atom stereocenters. The van der Waals surface area contributed by atoms with Crippen LogP contribution in [-0.4, -0.2) is 25.1 Å². The molecule has 19 heavy (non-hydrogen) atoms. The van der Waals surface area contributed by atoms with Crippen molar-refractivity contribution in [1.82, 2.24) is 10.2 Å². The second-order valence-electron chi connectivity index (χ2n) is 3.51. The lowest BCUT2D eigenvalue weighted by Gasteiger charge is -2.04. The van der Waals surface area contributed by atoms with E-state index in [0.29, 0.717) is 0 Å². The normalized spacial score (nSPS) is 11.0. The van der Waals surface area contributed by atoms with E-state index in [1.54, 1.807) is 12.1 Å². The van der Waals surface area contributed by atoms with Crippen LogP contribution in [-0.2, 0) is 14.8 Å². The van der Waals surface area contributed by atoms with Gasteiger partial charge in [0.15, 0.2) is 0 Å². The molecule has 0 aliphatic carbocycles. The topological polar surface area (TPSA) is 98.2 Å². The molecule has 0 amide bonds. The third-order valence-corrected chi connectivity index (χ3v) is 4.32. The number of hydrogen-bond acceptors (Lipinski definition) is 7. The molecular weight excluding hydrogens is 290 g/mol. The van der Waals surface area contributed by atoms with E-state index in [-0.39, 0.29) is 21.7 Å². The molecule has 0 radical (unpaired) electrons. The maximum Gasteiger partial charge on any atom is 0.303 e. The van der Waals surface area contributed by atoms with Gasteiger partial charge in [0.25, 0.3) is 16.5 Å². The van der Waals surface area contributed by atoms with Crippen LogP contribution in [0.1, 0.15) is 5.56 Å². The minimum absolute atomic E-state index is 0.0254. The number of sulfonamides is 1. The van der Waals surface area contributed by atoms with Crippen LogP contribution in [0.3, 0.4) is 0 Å². The lowest BCUT2D eigenvalue weighted by atomic mass is 10.2. The van der Waals surface area contributed by atoms with Crippen LogP contribution in [0, 0.1) is 6.92 Å². The fraction of sp³-hybridized carbons (Fsp3) is 0.100. The summed E-state index contributed by atoms with van der Waals surface area (Å²) in [6.07, 6.45) is 0. The molecule has 9 heteroatoms. The summed E-state index contributed by atoms with van der Waals surface area (Å²) in [6.45, 7) is 2.05. The number of benzene rings is 1. The summed E-state index contributed by atoms with van der Waals surface area (Å²) >= 11 is 0.816. The standard InChI is InChI=1S/C10H9N3O4S2/c1-7-2-4-8(5-3-7)19(15,16)13-9-11-12-10(18-9)17-6-14/h2-6H,1H3,(H,11,13). The summed E-state index contributed by atoms with van der Waals surface area (Å²) < 4.78 is 30.7. The van der Waals surface area contributed by atoms with Gasteiger partial charge in [-0.1, -0.05) is 22.8 Å². The predicted molar refractivity (Wildman–Crippen MR) is 68.6 cm³/mol. The number of carbonyl (C=O) groups excluding carboxylic acids is 1. The summed E-state index contributed by atoms with van der Waals surface area (Å²) in [5.41, 5.74) is 0.955. The highest BCUT2D eigenvalue weighted by molar-refractivity contribution is 7.93. The number of nitrogens with zero attached hydrogens (tertiary/aromatic N) is 2. The lowest BCUT2D eigenvalue weighted by Crippen LogP contribution is -2.12. The first-order valence-corrected chi connectivity index (χ1v) is 7.34. The molecule has 1 aromatic carbocycles. The van der Waals surface area contributed by atoms with Crippen molar-refractivity contribution in [1.29, 1.82) is 0 Å². The van der Waals surface area contributed by atoms with Crippen molar-refractivity contribution in [2.75, 3.05) is 4.72 Å². The second-order valence-corrected chi connectivity index (χ2v) is 6.13. The Bertz CT molecular complexity index is 679. The average molecular weight is 299 g/mol. The molecule has 0 aliphatic rings. The first kappa shape index (κ1) is 13.4. The van der Waals surface area contributed by atoms with Crippen LogP contribution < -0.4 is 9.46 Å². The van der Waals surface area contributed by atoms with E-state index in [0.717, 1.165) is 16.9 Å². The summed E-state index contributed by atoms with van der Waals surface area (Å²) in [5.74, 6) is 0. The molecular formula is C10H9N3O4S2. The monoisotopic (exact) mass is 299 g/mol. The third kappa shape index (κ3) is 3.26. The SMILES string of the molecule is Cc1ccc(S(=O)(=O)Nc2nnc(OC=O)s2)cc1. The van der Waals surface area contributed by atoms with E-state index < -0.39 is 10.0 Å². The van der Waals surface area contributed by atoms with Crippen molar-refractivity contribution in [2.24, 2.45) is 0 Å². The fourth-order valence-corrected chi connectivity index (χ4v) is 3.03. The molecule has 0 saturated carbocycles. The molecule has 2 aromatic rings. The molecule has 0 fully saturated rings. The van der Waals surface area contributed by atoms with Gasteiger partial charge in [0, 0.05) is 0 Å². The molecule has 2 rings (SSSR count). The molecule has 0 saturated heterocycles. The van der Waals surface area contributed by atoms with Crippen LogP contribution in [0.2, 0.25) is 0 Å². The Morgan fingerprint density at radius 3 is 2.58 bits per heavy atom. The molecule has 7 nitrogen and oxygen atoms in total. The largest absolute Gasteiger partial charge is 0.399 e. The first-order valence-electron chi connectivity index (χ1n) is 5.04. The lowest BCUT2D eigenvalue weighted by molar-refractivity contribution is -0.120. The zero-order valence-electron chi connectivity index (χ0n) is 9.73. The number of aromatic nitrogens is 2. The highest BCUT2D eigenvalue weighted by atomic mass is 32.2. The highest BCUT2D eigenvalue weighted by Crippen LogP contribution is 2.24. The molecule has 100 valence electrons. The van der Waals surface area contributed by atoms with Gasteiger partial charge in [0.2, 0.25) is 5.13 Å². The first-order chi connectivity index (χ1) is 9.01. The van der Waals surface area contributed by atoms with Crippen molar-refractivity contribution in [3.05, 3.63) is 29.8 Å². The minimum Gasteiger partial charge on any atom is -0.399 e. The summed E-state index contributed by atoms with van der Waals surface area (Å²) in [6, 6.07) is 6.36. The van der Waals surface area contributed by atoms with E-state index in [2.05, 4.69) is 19.7 Å². The number of carbonyl (C=O) groups is 1. The Balaban J connectivity index is 2.20. The minimum atomic E-state index is -3.72. The van der Waals surface area contributed by atoms with Crippen LogP contribution in [0.4, 0.5) is 5.13 Å². The molecule has 0 aliphatic heterocycles. The van der Waals surface area contributed by atoms with E-state index >= 15 is 0 Å². The number of ether oxygens (including phenoxy) is 1. The van der Waals surface area contributed by atoms with Gasteiger partial charge in [-0.05, 0) is 30.4 Å². The van der Waals surface area contributed by atoms with Crippen molar-refractivity contribution in [3.8, 4) is 5.19 Å². The maximum atomic E-state index is 12.0. The molecule has 0 spiro atoms. The van der Waals surface area contributed by atoms with E-state index in [1.807, 2.05) is 6.92 Å². The number of anilines is 1. The fourth-order valence-electron chi connectivity index (χ4n) is 1.23. The maximum absolute atomic E-state index is 12.0. The van der Waals surface area contributed by atoms with Gasteiger partial charge in [-0.3, -0.25) is 9.52 Å². The number of rotatable bonds is 5. The van der Waals surface area contributed by atoms with Crippen LogP contribution in [0.15, 0.2) is 29.2 Å². The summed E-state index contributed by atoms with van der Waals surface area (Å²) in [5, 5.41) is 7.04. The van der Waals surface area contributed by atoms with Gasteiger partial charge in [0.05, 0.1) is 4.90 Å². The molecule has 0 bridgehead atoms. The van der Waals surface area contributed by atoms with Crippen LogP contribution in [0.25, 0.3) is 0 Å². The quantitative estimate of drug-likeness (QED) is 0.832. The van der Waals surface area contributed by atoms with Gasteiger partial charge >= 0.3 is 5.19 Å². The third-order valence-electron chi connectivity index (χ3n) is 2.11. The number of nitrogens with one attached hydrogen (secondary N) is 1. The second kappa shape index (κ2) is 5.33. The zero-order valence-corrected chi connectivity index (χ0v) is 11.4. The number of aryl methyl sites for hydroxylation is 1. The van der Waals surface area contributed by atoms with Gasteiger partial charge in [-0.2, -0.15) is 0 Å². The van der Waals surface area contributed by atoms with E-state index in [4.69, 9.17) is 0 Å². The Morgan fingerprint density at radius 2 is 1.95 bits per heavy atom. The van der Waals surface area contributed by atoms with Gasteiger partial charge < -0.3 is 4.74 Å². The molecule has 1 N–H and O–H groups in total. The smallest absolute Gasteiger partial charge is 0.303 e. The van der Waals surface area contributed by atoms with E-state index in [9.17, 15) is 13.2 Å². The van der Waals surface area contributed by atoms with Crippen LogP contribution >= 0.6 is 11.3 Å². The van der Waals surface area contributed by atoms with E-state index in [1.165, 1.54) is 12.1 Å². The Labute approximate surface area is 113 Å². The van der Waals surface area contributed by atoms with Gasteiger partial charge in [-0.15, -0.1) is 5.10 Å². The molecule has 0 atom stereocenters. The van der Waals surface area contributed by atoms with Crippen molar-refractivity contribution >= 4 is 33.0 Å². The zero-order chi connectivity index (χ0) is 13.9. The summed E-state index contributed by atoms with van der Waals surface area (Å²) in [7, 11) is -3.72. The number of hydrogen-bond donors (Lipinski definition) is 1. The Morgan fingerprint density at radius 1 is 1.26 bits per heavy atom. The Hall–Kier alpha value is -2.00. The Kier molecular flexibility index (Phi) is 3.76. The molecule has 1 heterocycles. The van der Waals surface area contributed by atoms with Crippen molar-refractivity contribution in [3.63, 3.8) is 0 Å². The van der Waals surface area contributed by atoms with Crippen molar-refractivity contribution < 1.29 is 17.9 Å².